The molecule has 0 saturated heterocycles. The molecule has 0 aliphatic heterocycles. The minimum absolute atomic E-state index is 0.0700. The third-order valence-corrected chi connectivity index (χ3v) is 3.12. The first kappa shape index (κ1) is 13.5. The van der Waals surface area contributed by atoms with E-state index >= 15 is 0 Å². The van der Waals surface area contributed by atoms with Crippen molar-refractivity contribution in [3.63, 3.8) is 0 Å². The second-order valence-electron chi connectivity index (χ2n) is 5.62. The quantitative estimate of drug-likeness (QED) is 0.635. The standard InChI is InChI=1S/C13H20N6/c1-8-9(7-15-19(8)5)12-16-10(13(2,3)4)6-11(17-12)18-14/h6-7H,14H2,1-5H3,(H,16,17,18). The zero-order valence-corrected chi connectivity index (χ0v) is 12.0. The van der Waals surface area contributed by atoms with E-state index in [-0.39, 0.29) is 5.41 Å². The van der Waals surface area contributed by atoms with Gasteiger partial charge in [-0.1, -0.05) is 20.8 Å². The number of nitrogens with two attached hydrogens (primary N) is 1. The number of nitrogens with one attached hydrogen (secondary N) is 1. The van der Waals surface area contributed by atoms with Crippen LogP contribution in [0, 0.1) is 6.92 Å². The topological polar surface area (TPSA) is 81.7 Å². The highest BCUT2D eigenvalue weighted by atomic mass is 15.3. The molecule has 2 heterocycles. The molecule has 19 heavy (non-hydrogen) atoms. The Hall–Kier alpha value is -1.95. The van der Waals surface area contributed by atoms with Crippen LogP contribution in [-0.4, -0.2) is 19.7 Å². The summed E-state index contributed by atoms with van der Waals surface area (Å²) in [6.07, 6.45) is 1.78. The van der Waals surface area contributed by atoms with Crippen LogP contribution in [0.4, 0.5) is 5.82 Å². The van der Waals surface area contributed by atoms with Crippen LogP contribution < -0.4 is 11.3 Å². The van der Waals surface area contributed by atoms with E-state index in [1.165, 1.54) is 0 Å². The maximum Gasteiger partial charge on any atom is 0.165 e. The number of anilines is 1. The Bertz CT molecular complexity index is 594. The first-order chi connectivity index (χ1) is 8.82. The molecule has 0 spiro atoms. The minimum atomic E-state index is -0.0700. The average Bonchev–Trinajstić information content (AvgIpc) is 2.68. The normalized spacial score (nSPS) is 11.7. The highest BCUT2D eigenvalue weighted by Crippen LogP contribution is 2.26. The Balaban J connectivity index is 2.61. The fourth-order valence-corrected chi connectivity index (χ4v) is 1.74. The van der Waals surface area contributed by atoms with Crippen LogP contribution >= 0.6 is 0 Å². The van der Waals surface area contributed by atoms with Gasteiger partial charge >= 0.3 is 0 Å². The zero-order chi connectivity index (χ0) is 14.2. The van der Waals surface area contributed by atoms with Crippen molar-refractivity contribution in [3.8, 4) is 11.4 Å². The van der Waals surface area contributed by atoms with Gasteiger partial charge < -0.3 is 5.43 Å². The summed E-state index contributed by atoms with van der Waals surface area (Å²) in [6, 6.07) is 1.87. The van der Waals surface area contributed by atoms with Crippen LogP contribution in [0.2, 0.25) is 0 Å². The molecule has 0 fully saturated rings. The number of hydrogen-bond donors (Lipinski definition) is 2. The maximum atomic E-state index is 5.49. The first-order valence-electron chi connectivity index (χ1n) is 6.18. The van der Waals surface area contributed by atoms with Crippen molar-refractivity contribution in [1.29, 1.82) is 0 Å². The molecular weight excluding hydrogens is 240 g/mol. The monoisotopic (exact) mass is 260 g/mol. The molecule has 0 saturated carbocycles. The summed E-state index contributed by atoms with van der Waals surface area (Å²) in [5.74, 6) is 6.74. The summed E-state index contributed by atoms with van der Waals surface area (Å²) in [5.41, 5.74) is 5.41. The van der Waals surface area contributed by atoms with Gasteiger partial charge in [-0.3, -0.25) is 4.68 Å². The molecule has 0 amide bonds. The van der Waals surface area contributed by atoms with Gasteiger partial charge in [0.05, 0.1) is 17.5 Å². The van der Waals surface area contributed by atoms with Gasteiger partial charge in [0.2, 0.25) is 0 Å². The lowest BCUT2D eigenvalue weighted by molar-refractivity contribution is 0.568. The van der Waals surface area contributed by atoms with Gasteiger partial charge in [0, 0.05) is 24.2 Å². The lowest BCUT2D eigenvalue weighted by Gasteiger charge is -2.19. The molecule has 0 aliphatic rings. The molecule has 0 unspecified atom stereocenters. The Kier molecular flexibility index (Phi) is 3.28. The molecule has 102 valence electrons. The number of aromatic nitrogens is 4. The summed E-state index contributed by atoms with van der Waals surface area (Å²) in [5, 5.41) is 4.22. The van der Waals surface area contributed by atoms with Crippen molar-refractivity contribution in [2.45, 2.75) is 33.1 Å². The van der Waals surface area contributed by atoms with Gasteiger partial charge in [0.25, 0.3) is 0 Å². The molecule has 0 aliphatic carbocycles. The Morgan fingerprint density at radius 1 is 1.26 bits per heavy atom. The summed E-state index contributed by atoms with van der Waals surface area (Å²) in [4.78, 5) is 9.05. The van der Waals surface area contributed by atoms with E-state index in [0.29, 0.717) is 11.6 Å². The molecule has 2 rings (SSSR count). The third kappa shape index (κ3) is 2.58. The molecule has 3 N–H and O–H groups in total. The van der Waals surface area contributed by atoms with E-state index in [9.17, 15) is 0 Å². The fraction of sp³-hybridized carbons (Fsp3) is 0.462. The fourth-order valence-electron chi connectivity index (χ4n) is 1.74. The van der Waals surface area contributed by atoms with Gasteiger partial charge in [-0.25, -0.2) is 15.8 Å². The van der Waals surface area contributed by atoms with Crippen LogP contribution in [-0.2, 0) is 12.5 Å². The largest absolute Gasteiger partial charge is 0.308 e. The van der Waals surface area contributed by atoms with Gasteiger partial charge in [-0.15, -0.1) is 0 Å². The SMILES string of the molecule is Cc1c(-c2nc(NN)cc(C(C)(C)C)n2)cnn1C. The molecule has 2 aromatic rings. The first-order valence-corrected chi connectivity index (χ1v) is 6.18. The van der Waals surface area contributed by atoms with Crippen LogP contribution in [0.3, 0.4) is 0 Å². The summed E-state index contributed by atoms with van der Waals surface area (Å²) in [6.45, 7) is 8.31. The van der Waals surface area contributed by atoms with Crippen LogP contribution in [0.15, 0.2) is 12.3 Å². The number of nitrogens with zero attached hydrogens (tertiary/aromatic N) is 4. The smallest absolute Gasteiger partial charge is 0.165 e. The van der Waals surface area contributed by atoms with E-state index in [1.807, 2.05) is 20.0 Å². The molecule has 0 atom stereocenters. The molecule has 0 aromatic carbocycles. The second kappa shape index (κ2) is 4.62. The van der Waals surface area contributed by atoms with Gasteiger partial charge in [-0.05, 0) is 6.92 Å². The predicted molar refractivity (Wildman–Crippen MR) is 75.5 cm³/mol. The third-order valence-electron chi connectivity index (χ3n) is 3.12. The van der Waals surface area contributed by atoms with Crippen LogP contribution in [0.1, 0.15) is 32.2 Å². The van der Waals surface area contributed by atoms with Crippen LogP contribution in [0.5, 0.6) is 0 Å². The van der Waals surface area contributed by atoms with Gasteiger partial charge in [0.15, 0.2) is 5.82 Å². The Labute approximate surface area is 113 Å². The molecular formula is C13H20N6. The van der Waals surface area contributed by atoms with Crippen LogP contribution in [0.25, 0.3) is 11.4 Å². The lowest BCUT2D eigenvalue weighted by atomic mass is 9.92. The highest BCUT2D eigenvalue weighted by Gasteiger charge is 2.19. The number of hydrogen-bond acceptors (Lipinski definition) is 5. The predicted octanol–water partition coefficient (Wildman–Crippen LogP) is 1.77. The lowest BCUT2D eigenvalue weighted by Crippen LogP contribution is -2.17. The van der Waals surface area contributed by atoms with Crippen molar-refractivity contribution >= 4 is 5.82 Å². The number of rotatable bonds is 2. The van der Waals surface area contributed by atoms with E-state index in [0.717, 1.165) is 17.0 Å². The second-order valence-corrected chi connectivity index (χ2v) is 5.62. The van der Waals surface area contributed by atoms with E-state index < -0.39 is 0 Å². The zero-order valence-electron chi connectivity index (χ0n) is 12.0. The average molecular weight is 260 g/mol. The number of aryl methyl sites for hydroxylation is 1. The van der Waals surface area contributed by atoms with E-state index in [4.69, 9.17) is 5.84 Å². The van der Waals surface area contributed by atoms with Gasteiger partial charge in [0.1, 0.15) is 5.82 Å². The summed E-state index contributed by atoms with van der Waals surface area (Å²) >= 11 is 0. The minimum Gasteiger partial charge on any atom is -0.308 e. The Morgan fingerprint density at radius 3 is 2.42 bits per heavy atom. The highest BCUT2D eigenvalue weighted by molar-refractivity contribution is 5.59. The number of hydrazine groups is 1. The van der Waals surface area contributed by atoms with E-state index in [2.05, 4.69) is 41.3 Å². The van der Waals surface area contributed by atoms with Crippen molar-refractivity contribution < 1.29 is 0 Å². The van der Waals surface area contributed by atoms with Crippen molar-refractivity contribution in [1.82, 2.24) is 19.7 Å². The summed E-state index contributed by atoms with van der Waals surface area (Å²) in [7, 11) is 1.90. The molecule has 6 nitrogen and oxygen atoms in total. The van der Waals surface area contributed by atoms with Crippen molar-refractivity contribution in [3.05, 3.63) is 23.7 Å². The maximum absolute atomic E-state index is 5.49. The molecule has 2 aromatic heterocycles. The van der Waals surface area contributed by atoms with Gasteiger partial charge in [-0.2, -0.15) is 5.10 Å². The molecule has 6 heteroatoms. The van der Waals surface area contributed by atoms with Crippen molar-refractivity contribution in [2.24, 2.45) is 12.9 Å². The molecule has 0 radical (unpaired) electrons. The van der Waals surface area contributed by atoms with E-state index in [1.54, 1.807) is 10.9 Å². The summed E-state index contributed by atoms with van der Waals surface area (Å²) < 4.78 is 1.80. The Morgan fingerprint density at radius 2 is 1.95 bits per heavy atom. The van der Waals surface area contributed by atoms with Crippen molar-refractivity contribution in [2.75, 3.05) is 5.43 Å². The molecule has 0 bridgehead atoms. The number of nitrogen functional groups attached to an aromatic ring is 1.